The van der Waals surface area contributed by atoms with Crippen LogP contribution in [0.25, 0.3) is 33.5 Å². The van der Waals surface area contributed by atoms with Gasteiger partial charge in [0.05, 0.1) is 25.0 Å². The second kappa shape index (κ2) is 11.2. The summed E-state index contributed by atoms with van der Waals surface area (Å²) in [6, 6.07) is 21.7. The van der Waals surface area contributed by atoms with Gasteiger partial charge in [-0.15, -0.1) is 0 Å². The van der Waals surface area contributed by atoms with E-state index in [0.29, 0.717) is 21.9 Å². The number of ether oxygens (including phenoxy) is 1. The van der Waals surface area contributed by atoms with Gasteiger partial charge in [0.1, 0.15) is 16.8 Å². The molecule has 6 aromatic rings. The molecule has 0 radical (unpaired) electrons. The highest BCUT2D eigenvalue weighted by atomic mass is 32.2. The number of aromatic amines is 1. The minimum atomic E-state index is -4.49. The van der Waals surface area contributed by atoms with E-state index >= 15 is 0 Å². The molecule has 3 aromatic heterocycles. The number of hydrogen-bond acceptors (Lipinski definition) is 7. The van der Waals surface area contributed by atoms with Gasteiger partial charge in [-0.05, 0) is 35.4 Å². The molecule has 42 heavy (non-hydrogen) atoms. The van der Waals surface area contributed by atoms with Crippen LogP contribution in [0.1, 0.15) is 17.0 Å². The molecule has 0 atom stereocenters. The number of fused-ring (bicyclic) bond motifs is 1. The summed E-state index contributed by atoms with van der Waals surface area (Å²) in [6.45, 7) is 0.243. The molecule has 0 spiro atoms. The van der Waals surface area contributed by atoms with Gasteiger partial charge in [-0.3, -0.25) is 9.36 Å². The summed E-state index contributed by atoms with van der Waals surface area (Å²) in [5, 5.41) is 4.28. The van der Waals surface area contributed by atoms with Crippen LogP contribution in [0.15, 0.2) is 99.5 Å². The standard InChI is InChI=1S/C30H22F3N5O3S/c1-40-22-12-10-18(11-13-22)16-38-28(39)26-25(23(15-34-26)19-6-3-2-4-7-19)36-29(38)42-17-24-35-27(37-41-24)20-8-5-9-21(14-20)30(31,32)33/h2-15,34H,16-17H2,1H3. The van der Waals surface area contributed by atoms with Crippen LogP contribution >= 0.6 is 11.8 Å². The number of nitrogens with one attached hydrogen (secondary N) is 1. The lowest BCUT2D eigenvalue weighted by Crippen LogP contribution is -2.24. The number of benzene rings is 3. The molecule has 0 saturated carbocycles. The number of thioether (sulfide) groups is 1. The van der Waals surface area contributed by atoms with Crippen molar-refractivity contribution in [1.29, 1.82) is 0 Å². The van der Waals surface area contributed by atoms with Crippen LogP contribution in [-0.4, -0.2) is 31.8 Å². The zero-order valence-corrected chi connectivity index (χ0v) is 22.9. The number of H-pyrrole nitrogens is 1. The number of hydrogen-bond donors (Lipinski definition) is 1. The van der Waals surface area contributed by atoms with Crippen molar-refractivity contribution in [3.8, 4) is 28.3 Å². The number of alkyl halides is 3. The van der Waals surface area contributed by atoms with E-state index in [4.69, 9.17) is 14.2 Å². The maximum atomic E-state index is 13.7. The second-order valence-electron chi connectivity index (χ2n) is 9.30. The van der Waals surface area contributed by atoms with Crippen molar-refractivity contribution in [3.63, 3.8) is 0 Å². The Morgan fingerprint density at radius 1 is 0.976 bits per heavy atom. The Morgan fingerprint density at radius 3 is 2.48 bits per heavy atom. The molecular weight excluding hydrogens is 567 g/mol. The van der Waals surface area contributed by atoms with Gasteiger partial charge in [0, 0.05) is 17.3 Å². The highest BCUT2D eigenvalue weighted by Gasteiger charge is 2.31. The highest BCUT2D eigenvalue weighted by molar-refractivity contribution is 7.98. The van der Waals surface area contributed by atoms with Gasteiger partial charge in [-0.1, -0.05) is 71.5 Å². The molecule has 0 saturated heterocycles. The Balaban J connectivity index is 1.35. The molecule has 0 unspecified atom stereocenters. The lowest BCUT2D eigenvalue weighted by Gasteiger charge is -2.12. The summed E-state index contributed by atoms with van der Waals surface area (Å²) >= 11 is 1.22. The molecule has 3 aromatic carbocycles. The first-order chi connectivity index (χ1) is 20.3. The maximum Gasteiger partial charge on any atom is 0.416 e. The lowest BCUT2D eigenvalue weighted by atomic mass is 10.1. The average Bonchev–Trinajstić information content (AvgIpc) is 3.66. The number of halogens is 3. The lowest BCUT2D eigenvalue weighted by molar-refractivity contribution is -0.137. The monoisotopic (exact) mass is 589 g/mol. The summed E-state index contributed by atoms with van der Waals surface area (Å²) in [5.74, 6) is 1.04. The molecule has 3 heterocycles. The van der Waals surface area contributed by atoms with Crippen LogP contribution in [-0.2, 0) is 18.5 Å². The zero-order valence-electron chi connectivity index (χ0n) is 22.1. The van der Waals surface area contributed by atoms with Crippen LogP contribution in [0, 0.1) is 0 Å². The number of rotatable bonds is 8. The third kappa shape index (κ3) is 5.53. The first-order valence-electron chi connectivity index (χ1n) is 12.7. The quantitative estimate of drug-likeness (QED) is 0.154. The fourth-order valence-corrected chi connectivity index (χ4v) is 5.29. The van der Waals surface area contributed by atoms with E-state index in [2.05, 4.69) is 15.1 Å². The van der Waals surface area contributed by atoms with Gasteiger partial charge in [0.25, 0.3) is 5.56 Å². The first-order valence-corrected chi connectivity index (χ1v) is 13.7. The molecule has 0 aliphatic rings. The third-order valence-electron chi connectivity index (χ3n) is 6.58. The topological polar surface area (TPSA) is 98.8 Å². The minimum Gasteiger partial charge on any atom is -0.497 e. The summed E-state index contributed by atoms with van der Waals surface area (Å²) in [7, 11) is 1.58. The maximum absolute atomic E-state index is 13.7. The highest BCUT2D eigenvalue weighted by Crippen LogP contribution is 2.32. The van der Waals surface area contributed by atoms with Crippen molar-refractivity contribution < 1.29 is 22.4 Å². The molecule has 1 N–H and O–H groups in total. The second-order valence-corrected chi connectivity index (χ2v) is 10.2. The Bertz CT molecular complexity index is 1920. The number of methoxy groups -OCH3 is 1. The summed E-state index contributed by atoms with van der Waals surface area (Å²) in [6.07, 6.45) is -2.73. The Hall–Kier alpha value is -4.84. The predicted octanol–water partition coefficient (Wildman–Crippen LogP) is 6.81. The molecule has 0 aliphatic heterocycles. The van der Waals surface area contributed by atoms with Gasteiger partial charge in [0.15, 0.2) is 5.16 Å². The molecule has 12 heteroatoms. The van der Waals surface area contributed by atoms with Gasteiger partial charge in [-0.25, -0.2) is 4.98 Å². The molecular formula is C30H22F3N5O3S. The van der Waals surface area contributed by atoms with Crippen molar-refractivity contribution in [1.82, 2.24) is 24.7 Å². The molecule has 6 rings (SSSR count). The van der Waals surface area contributed by atoms with E-state index in [-0.39, 0.29) is 35.1 Å². The Morgan fingerprint density at radius 2 is 1.74 bits per heavy atom. The number of nitrogens with zero attached hydrogens (tertiary/aromatic N) is 4. The van der Waals surface area contributed by atoms with Crippen molar-refractivity contribution in [2.24, 2.45) is 0 Å². The van der Waals surface area contributed by atoms with E-state index in [1.807, 2.05) is 54.6 Å². The summed E-state index contributed by atoms with van der Waals surface area (Å²) in [5.41, 5.74) is 2.57. The van der Waals surface area contributed by atoms with E-state index in [9.17, 15) is 18.0 Å². The largest absolute Gasteiger partial charge is 0.497 e. The van der Waals surface area contributed by atoms with Crippen molar-refractivity contribution in [3.05, 3.63) is 112 Å². The molecule has 212 valence electrons. The van der Waals surface area contributed by atoms with Crippen molar-refractivity contribution in [2.75, 3.05) is 7.11 Å². The fraction of sp³-hybridized carbons (Fsp3) is 0.133. The van der Waals surface area contributed by atoms with E-state index in [0.717, 1.165) is 28.8 Å². The van der Waals surface area contributed by atoms with Crippen LogP contribution in [0.5, 0.6) is 5.75 Å². The van der Waals surface area contributed by atoms with Gasteiger partial charge >= 0.3 is 6.18 Å². The van der Waals surface area contributed by atoms with Crippen LogP contribution in [0.3, 0.4) is 0 Å². The first kappa shape index (κ1) is 27.3. The molecule has 0 aliphatic carbocycles. The van der Waals surface area contributed by atoms with Crippen LogP contribution in [0.4, 0.5) is 13.2 Å². The number of aromatic nitrogens is 5. The molecule has 0 fully saturated rings. The SMILES string of the molecule is COc1ccc(Cn2c(SCc3nc(-c4cccc(C(F)(F)F)c4)no3)nc3c(-c4ccccc4)c[nH]c3c2=O)cc1. The van der Waals surface area contributed by atoms with Crippen LogP contribution in [0.2, 0.25) is 0 Å². The third-order valence-corrected chi connectivity index (χ3v) is 7.54. The Kier molecular flexibility index (Phi) is 7.29. The Labute approximate surface area is 241 Å². The molecule has 8 nitrogen and oxygen atoms in total. The fourth-order valence-electron chi connectivity index (χ4n) is 4.47. The van der Waals surface area contributed by atoms with Gasteiger partial charge in [0.2, 0.25) is 11.7 Å². The normalized spacial score (nSPS) is 11.7. The van der Waals surface area contributed by atoms with Crippen molar-refractivity contribution >= 4 is 22.8 Å². The summed E-state index contributed by atoms with van der Waals surface area (Å²) in [4.78, 5) is 26.0. The van der Waals surface area contributed by atoms with Crippen LogP contribution < -0.4 is 10.3 Å². The predicted molar refractivity (Wildman–Crippen MR) is 152 cm³/mol. The van der Waals surface area contributed by atoms with Gasteiger partial charge in [-0.2, -0.15) is 18.2 Å². The minimum absolute atomic E-state index is 0.0349. The molecule has 0 bridgehead atoms. The van der Waals surface area contributed by atoms with E-state index in [1.165, 1.54) is 23.9 Å². The summed E-state index contributed by atoms with van der Waals surface area (Å²) < 4.78 is 51.7. The van der Waals surface area contributed by atoms with E-state index in [1.54, 1.807) is 17.9 Å². The van der Waals surface area contributed by atoms with Crippen molar-refractivity contribution in [2.45, 2.75) is 23.6 Å². The average molecular weight is 590 g/mol. The van der Waals surface area contributed by atoms with Gasteiger partial charge < -0.3 is 14.2 Å². The molecule has 0 amide bonds. The smallest absolute Gasteiger partial charge is 0.416 e. The van der Waals surface area contributed by atoms with E-state index < -0.39 is 11.7 Å². The zero-order chi connectivity index (χ0) is 29.3.